The summed E-state index contributed by atoms with van der Waals surface area (Å²) in [5, 5.41) is 0.453. The third-order valence-electron chi connectivity index (χ3n) is 1.81. The molecule has 0 saturated heterocycles. The second-order valence-corrected chi connectivity index (χ2v) is 4.42. The third-order valence-corrected chi connectivity index (χ3v) is 2.62. The van der Waals surface area contributed by atoms with E-state index in [1.165, 1.54) is 0 Å². The number of halogens is 2. The fraction of sp³-hybridized carbons (Fsp3) is 0.364. The molecule has 0 aliphatic heterocycles. The van der Waals surface area contributed by atoms with E-state index in [9.17, 15) is 4.79 Å². The van der Waals surface area contributed by atoms with Crippen LogP contribution in [-0.4, -0.2) is 19.0 Å². The minimum atomic E-state index is -0.0825. The van der Waals surface area contributed by atoms with E-state index < -0.39 is 0 Å². The van der Waals surface area contributed by atoms with Gasteiger partial charge in [0.2, 0.25) is 0 Å². The average molecular weight is 292 g/mol. The van der Waals surface area contributed by atoms with Gasteiger partial charge in [-0.15, -0.1) is 0 Å². The van der Waals surface area contributed by atoms with Gasteiger partial charge in [0.1, 0.15) is 6.61 Å². The molecule has 0 aliphatic rings. The topological polar surface area (TPSA) is 26.3 Å². The van der Waals surface area contributed by atoms with Gasteiger partial charge >= 0.3 is 0 Å². The fourth-order valence-electron chi connectivity index (χ4n) is 1.10. The van der Waals surface area contributed by atoms with Crippen LogP contribution < -0.4 is 0 Å². The second kappa shape index (κ2) is 6.26. The SMILES string of the molecule is CCCOCC(=O)c1ccc(Br)cc1Cl. The van der Waals surface area contributed by atoms with E-state index in [0.717, 1.165) is 10.9 Å². The first-order valence-electron chi connectivity index (χ1n) is 4.71. The number of carbonyl (C=O) groups excluding carboxylic acids is 1. The van der Waals surface area contributed by atoms with Crippen LogP contribution in [0.3, 0.4) is 0 Å². The molecule has 0 saturated carbocycles. The zero-order chi connectivity index (χ0) is 11.3. The highest BCUT2D eigenvalue weighted by atomic mass is 79.9. The lowest BCUT2D eigenvalue weighted by molar-refractivity contribution is 0.0761. The molecule has 1 aromatic carbocycles. The largest absolute Gasteiger partial charge is 0.373 e. The van der Waals surface area contributed by atoms with Crippen LogP contribution in [0.1, 0.15) is 23.7 Å². The van der Waals surface area contributed by atoms with Gasteiger partial charge in [0, 0.05) is 16.6 Å². The highest BCUT2D eigenvalue weighted by molar-refractivity contribution is 9.10. The quantitative estimate of drug-likeness (QED) is 0.610. The molecule has 4 heteroatoms. The van der Waals surface area contributed by atoms with Gasteiger partial charge in [-0.05, 0) is 24.6 Å². The van der Waals surface area contributed by atoms with Crippen LogP contribution in [0.5, 0.6) is 0 Å². The van der Waals surface area contributed by atoms with Crippen molar-refractivity contribution in [2.24, 2.45) is 0 Å². The molecule has 0 aliphatic carbocycles. The summed E-state index contributed by atoms with van der Waals surface area (Å²) in [7, 11) is 0. The molecule has 1 rings (SSSR count). The maximum atomic E-state index is 11.6. The summed E-state index contributed by atoms with van der Waals surface area (Å²) in [6.45, 7) is 2.69. The molecular weight excluding hydrogens is 279 g/mol. The van der Waals surface area contributed by atoms with Gasteiger partial charge in [-0.2, -0.15) is 0 Å². The number of ketones is 1. The Bertz CT molecular complexity index is 352. The smallest absolute Gasteiger partial charge is 0.189 e. The summed E-state index contributed by atoms with van der Waals surface area (Å²) in [6, 6.07) is 5.19. The standard InChI is InChI=1S/C11H12BrClO2/c1-2-5-15-7-11(14)9-4-3-8(12)6-10(9)13/h3-4,6H,2,5,7H2,1H3. The lowest BCUT2D eigenvalue weighted by Gasteiger charge is -2.04. The van der Waals surface area contributed by atoms with Gasteiger partial charge in [-0.1, -0.05) is 34.5 Å². The highest BCUT2D eigenvalue weighted by Crippen LogP contribution is 2.21. The van der Waals surface area contributed by atoms with Crippen molar-refractivity contribution < 1.29 is 9.53 Å². The zero-order valence-electron chi connectivity index (χ0n) is 8.43. The van der Waals surface area contributed by atoms with Crippen molar-refractivity contribution in [1.82, 2.24) is 0 Å². The monoisotopic (exact) mass is 290 g/mol. The fourth-order valence-corrected chi connectivity index (χ4v) is 1.88. The molecule has 0 fully saturated rings. The molecule has 0 radical (unpaired) electrons. The first kappa shape index (κ1) is 12.7. The Hall–Kier alpha value is -0.380. The van der Waals surface area contributed by atoms with Gasteiger partial charge in [-0.25, -0.2) is 0 Å². The van der Waals surface area contributed by atoms with Crippen molar-refractivity contribution in [3.05, 3.63) is 33.3 Å². The van der Waals surface area contributed by atoms with Crippen LogP contribution in [-0.2, 0) is 4.74 Å². The van der Waals surface area contributed by atoms with Crippen molar-refractivity contribution in [3.63, 3.8) is 0 Å². The number of rotatable bonds is 5. The Balaban J connectivity index is 2.65. The lowest BCUT2D eigenvalue weighted by Crippen LogP contribution is -2.10. The Kier molecular flexibility index (Phi) is 5.29. The summed E-state index contributed by atoms with van der Waals surface area (Å²) in [4.78, 5) is 11.6. The molecule has 1 aromatic rings. The molecular formula is C11H12BrClO2. The highest BCUT2D eigenvalue weighted by Gasteiger charge is 2.10. The van der Waals surface area contributed by atoms with Crippen molar-refractivity contribution in [2.45, 2.75) is 13.3 Å². The van der Waals surface area contributed by atoms with Crippen LogP contribution in [0.25, 0.3) is 0 Å². The summed E-state index contributed by atoms with van der Waals surface area (Å²) < 4.78 is 6.02. The molecule has 0 heterocycles. The maximum Gasteiger partial charge on any atom is 0.189 e. The summed E-state index contributed by atoms with van der Waals surface area (Å²) in [5.41, 5.74) is 0.510. The molecule has 0 spiro atoms. The number of carbonyl (C=O) groups is 1. The van der Waals surface area contributed by atoms with Crippen LogP contribution in [0.4, 0.5) is 0 Å². The summed E-state index contributed by atoms with van der Waals surface area (Å²) >= 11 is 9.21. The first-order chi connectivity index (χ1) is 7.15. The van der Waals surface area contributed by atoms with E-state index in [2.05, 4.69) is 15.9 Å². The van der Waals surface area contributed by atoms with Crippen molar-refractivity contribution >= 4 is 33.3 Å². The third kappa shape index (κ3) is 3.93. The van der Waals surface area contributed by atoms with Crippen LogP contribution in [0, 0.1) is 0 Å². The van der Waals surface area contributed by atoms with Crippen molar-refractivity contribution in [3.8, 4) is 0 Å². The van der Waals surface area contributed by atoms with Gasteiger partial charge in [0.15, 0.2) is 5.78 Å². The van der Waals surface area contributed by atoms with E-state index in [1.807, 2.05) is 6.92 Å². The van der Waals surface area contributed by atoms with Gasteiger partial charge in [-0.3, -0.25) is 4.79 Å². The molecule has 0 aromatic heterocycles. The predicted molar refractivity (Wildman–Crippen MR) is 64.6 cm³/mol. The normalized spacial score (nSPS) is 10.3. The Labute approximate surface area is 103 Å². The number of Topliss-reactive ketones (excluding diaryl/α,β-unsaturated/α-hetero) is 1. The predicted octanol–water partition coefficient (Wildman–Crippen LogP) is 3.71. The van der Waals surface area contributed by atoms with E-state index >= 15 is 0 Å². The first-order valence-corrected chi connectivity index (χ1v) is 5.88. The summed E-state index contributed by atoms with van der Waals surface area (Å²) in [6.07, 6.45) is 0.904. The molecule has 0 amide bonds. The number of ether oxygens (including phenoxy) is 1. The maximum absolute atomic E-state index is 11.6. The average Bonchev–Trinajstić information content (AvgIpc) is 2.17. The molecule has 0 unspecified atom stereocenters. The van der Waals surface area contributed by atoms with Gasteiger partial charge in [0.05, 0.1) is 5.02 Å². The zero-order valence-corrected chi connectivity index (χ0v) is 10.8. The lowest BCUT2D eigenvalue weighted by atomic mass is 10.1. The number of benzene rings is 1. The molecule has 82 valence electrons. The molecule has 0 atom stereocenters. The van der Waals surface area contributed by atoms with Crippen molar-refractivity contribution in [1.29, 1.82) is 0 Å². The Morgan fingerprint density at radius 1 is 1.53 bits per heavy atom. The Morgan fingerprint density at radius 2 is 2.27 bits per heavy atom. The number of hydrogen-bond donors (Lipinski definition) is 0. The van der Waals surface area contributed by atoms with Crippen LogP contribution >= 0.6 is 27.5 Å². The Morgan fingerprint density at radius 3 is 2.87 bits per heavy atom. The molecule has 0 N–H and O–H groups in total. The van der Waals surface area contributed by atoms with E-state index in [4.69, 9.17) is 16.3 Å². The summed E-state index contributed by atoms with van der Waals surface area (Å²) in [5.74, 6) is -0.0825. The second-order valence-electron chi connectivity index (χ2n) is 3.10. The van der Waals surface area contributed by atoms with Crippen LogP contribution in [0.2, 0.25) is 5.02 Å². The van der Waals surface area contributed by atoms with E-state index in [1.54, 1.807) is 18.2 Å². The van der Waals surface area contributed by atoms with E-state index in [0.29, 0.717) is 17.2 Å². The minimum absolute atomic E-state index is 0.0825. The molecule has 2 nitrogen and oxygen atoms in total. The van der Waals surface area contributed by atoms with Gasteiger partial charge in [0.25, 0.3) is 0 Å². The van der Waals surface area contributed by atoms with E-state index in [-0.39, 0.29) is 12.4 Å². The molecule has 0 bridgehead atoms. The number of hydrogen-bond acceptors (Lipinski definition) is 2. The van der Waals surface area contributed by atoms with Crippen LogP contribution in [0.15, 0.2) is 22.7 Å². The van der Waals surface area contributed by atoms with Gasteiger partial charge < -0.3 is 4.74 Å². The minimum Gasteiger partial charge on any atom is -0.373 e. The van der Waals surface area contributed by atoms with Crippen molar-refractivity contribution in [2.75, 3.05) is 13.2 Å². The molecule has 15 heavy (non-hydrogen) atoms.